The first-order valence-electron chi connectivity index (χ1n) is 12.4. The van der Waals surface area contributed by atoms with Crippen LogP contribution in [0.2, 0.25) is 0 Å². The van der Waals surface area contributed by atoms with Crippen LogP contribution in [0.3, 0.4) is 0 Å². The van der Waals surface area contributed by atoms with Crippen molar-refractivity contribution in [3.05, 3.63) is 47.4 Å². The molecular weight excluding hydrogens is 414 g/mol. The summed E-state index contributed by atoms with van der Waals surface area (Å²) in [7, 11) is 4.07. The van der Waals surface area contributed by atoms with Gasteiger partial charge in [0.1, 0.15) is 17.4 Å². The van der Waals surface area contributed by atoms with Gasteiger partial charge < -0.3 is 19.9 Å². The van der Waals surface area contributed by atoms with Gasteiger partial charge in [0.15, 0.2) is 5.60 Å². The molecule has 1 aromatic carbocycles. The highest BCUT2D eigenvalue weighted by molar-refractivity contribution is 5.86. The Morgan fingerprint density at radius 1 is 1.12 bits per heavy atom. The van der Waals surface area contributed by atoms with Crippen LogP contribution in [-0.2, 0) is 17.8 Å². The molecule has 2 aromatic rings. The topological polar surface area (TPSA) is 70.6 Å². The van der Waals surface area contributed by atoms with E-state index in [1.807, 2.05) is 42.3 Å². The molecule has 1 N–H and O–H groups in total. The molecule has 1 unspecified atom stereocenters. The highest BCUT2D eigenvalue weighted by Gasteiger charge is 2.46. The molecule has 1 aromatic heterocycles. The first-order chi connectivity index (χ1) is 16.1. The van der Waals surface area contributed by atoms with Crippen molar-refractivity contribution >= 4 is 11.7 Å². The molecule has 7 nitrogen and oxygen atoms in total. The second-order valence-electron chi connectivity index (χ2n) is 9.80. The van der Waals surface area contributed by atoms with Crippen molar-refractivity contribution in [3.8, 4) is 5.75 Å². The smallest absolute Gasteiger partial charge is 0.266 e. The van der Waals surface area contributed by atoms with Gasteiger partial charge >= 0.3 is 0 Å². The van der Waals surface area contributed by atoms with Gasteiger partial charge in [-0.2, -0.15) is 0 Å². The van der Waals surface area contributed by atoms with E-state index < -0.39 is 5.60 Å². The fourth-order valence-corrected chi connectivity index (χ4v) is 5.61. The standard InChI is InChI=1S/C26H35N5O2/c1-27-24-21-12-15-30(2)18-22(21)28-23(29-24)19-11-16-31(17-19)25(32)26(13-7-4-8-14-26)33-20-9-5-3-6-10-20/h3,5-6,9-10,19H,4,7-8,11-18H2,1-2H3,(H,27,28,29). The number of amides is 1. The largest absolute Gasteiger partial charge is 0.477 e. The molecule has 1 saturated heterocycles. The Morgan fingerprint density at radius 2 is 1.91 bits per heavy atom. The first kappa shape index (κ1) is 22.1. The zero-order valence-corrected chi connectivity index (χ0v) is 19.8. The maximum Gasteiger partial charge on any atom is 0.266 e. The second kappa shape index (κ2) is 9.29. The summed E-state index contributed by atoms with van der Waals surface area (Å²) in [6.45, 7) is 3.28. The summed E-state index contributed by atoms with van der Waals surface area (Å²) in [4.78, 5) is 28.0. The van der Waals surface area contributed by atoms with Gasteiger partial charge in [0, 0.05) is 44.7 Å². The predicted molar refractivity (Wildman–Crippen MR) is 128 cm³/mol. The number of hydrogen-bond donors (Lipinski definition) is 1. The lowest BCUT2D eigenvalue weighted by Gasteiger charge is -2.39. The maximum absolute atomic E-state index is 13.8. The third-order valence-electron chi connectivity index (χ3n) is 7.46. The highest BCUT2D eigenvalue weighted by atomic mass is 16.5. The molecule has 1 atom stereocenters. The SMILES string of the molecule is CNc1nc(C2CCN(C(=O)C3(Oc4ccccc4)CCCCC3)C2)nc2c1CCN(C)C2. The van der Waals surface area contributed by atoms with Crippen molar-refractivity contribution in [2.75, 3.05) is 39.0 Å². The summed E-state index contributed by atoms with van der Waals surface area (Å²) in [5.74, 6) is 2.90. The number of likely N-dealkylation sites (N-methyl/N-ethyl adjacent to an activating group) is 1. The normalized spacial score (nSPS) is 22.6. The molecule has 3 heterocycles. The zero-order chi connectivity index (χ0) is 22.8. The Hall–Kier alpha value is -2.67. The predicted octanol–water partition coefficient (Wildman–Crippen LogP) is 3.60. The number of benzene rings is 1. The van der Waals surface area contributed by atoms with Crippen molar-refractivity contribution in [2.24, 2.45) is 0 Å². The van der Waals surface area contributed by atoms with E-state index in [2.05, 4.69) is 17.3 Å². The highest BCUT2D eigenvalue weighted by Crippen LogP contribution is 2.37. The number of likely N-dealkylation sites (tertiary alicyclic amines) is 1. The number of anilines is 1. The molecule has 1 saturated carbocycles. The Kier molecular flexibility index (Phi) is 6.23. The van der Waals surface area contributed by atoms with Gasteiger partial charge in [-0.15, -0.1) is 0 Å². The van der Waals surface area contributed by atoms with Gasteiger partial charge in [-0.1, -0.05) is 24.6 Å². The Labute approximate surface area is 196 Å². The van der Waals surface area contributed by atoms with Gasteiger partial charge in [-0.25, -0.2) is 9.97 Å². The van der Waals surface area contributed by atoms with Gasteiger partial charge in [-0.05, 0) is 57.7 Å². The van der Waals surface area contributed by atoms with E-state index in [1.54, 1.807) is 0 Å². The van der Waals surface area contributed by atoms with Crippen molar-refractivity contribution in [2.45, 2.75) is 63.0 Å². The van der Waals surface area contributed by atoms with Gasteiger partial charge in [0.25, 0.3) is 5.91 Å². The van der Waals surface area contributed by atoms with E-state index in [9.17, 15) is 4.79 Å². The average molecular weight is 450 g/mol. The lowest BCUT2D eigenvalue weighted by atomic mass is 9.83. The third kappa shape index (κ3) is 4.43. The number of aromatic nitrogens is 2. The number of fused-ring (bicyclic) bond motifs is 1. The molecule has 1 aliphatic carbocycles. The molecule has 7 heteroatoms. The van der Waals surface area contributed by atoms with E-state index in [0.29, 0.717) is 6.54 Å². The quantitative estimate of drug-likeness (QED) is 0.752. The number of rotatable bonds is 5. The summed E-state index contributed by atoms with van der Waals surface area (Å²) < 4.78 is 6.44. The number of carbonyl (C=O) groups excluding carboxylic acids is 1. The van der Waals surface area contributed by atoms with E-state index in [0.717, 1.165) is 81.2 Å². The molecule has 176 valence electrons. The number of ether oxygens (including phenoxy) is 1. The molecule has 0 radical (unpaired) electrons. The third-order valence-corrected chi connectivity index (χ3v) is 7.46. The lowest BCUT2D eigenvalue weighted by Crippen LogP contribution is -2.53. The number of hydrogen-bond acceptors (Lipinski definition) is 6. The van der Waals surface area contributed by atoms with Gasteiger partial charge in [0.2, 0.25) is 0 Å². The minimum atomic E-state index is -0.746. The molecule has 0 bridgehead atoms. The summed E-state index contributed by atoms with van der Waals surface area (Å²) in [6, 6.07) is 9.81. The van der Waals surface area contributed by atoms with E-state index in [-0.39, 0.29) is 11.8 Å². The lowest BCUT2D eigenvalue weighted by molar-refractivity contribution is -0.150. The number of nitrogens with one attached hydrogen (secondary N) is 1. The summed E-state index contributed by atoms with van der Waals surface area (Å²) in [5.41, 5.74) is 1.62. The van der Waals surface area contributed by atoms with E-state index in [4.69, 9.17) is 14.7 Å². The van der Waals surface area contributed by atoms with Crippen LogP contribution in [-0.4, -0.2) is 65.0 Å². The van der Waals surface area contributed by atoms with Crippen LogP contribution in [0, 0.1) is 0 Å². The Balaban J connectivity index is 1.36. The number of nitrogens with zero attached hydrogens (tertiary/aromatic N) is 4. The van der Waals surface area contributed by atoms with Gasteiger partial charge in [-0.3, -0.25) is 4.79 Å². The molecule has 2 aliphatic heterocycles. The maximum atomic E-state index is 13.8. The molecule has 33 heavy (non-hydrogen) atoms. The average Bonchev–Trinajstić information content (AvgIpc) is 3.34. The minimum absolute atomic E-state index is 0.139. The number of carbonyl (C=O) groups is 1. The van der Waals surface area contributed by atoms with Crippen molar-refractivity contribution < 1.29 is 9.53 Å². The van der Waals surface area contributed by atoms with Crippen LogP contribution in [0.1, 0.15) is 61.5 Å². The van der Waals surface area contributed by atoms with E-state index >= 15 is 0 Å². The molecule has 3 aliphatic rings. The van der Waals surface area contributed by atoms with Crippen molar-refractivity contribution in [1.29, 1.82) is 0 Å². The van der Waals surface area contributed by atoms with Crippen LogP contribution in [0.5, 0.6) is 5.75 Å². The molecule has 0 spiro atoms. The van der Waals surface area contributed by atoms with Crippen molar-refractivity contribution in [1.82, 2.24) is 19.8 Å². The monoisotopic (exact) mass is 449 g/mol. The minimum Gasteiger partial charge on any atom is -0.477 e. The molecule has 2 fully saturated rings. The van der Waals surface area contributed by atoms with Crippen molar-refractivity contribution in [3.63, 3.8) is 0 Å². The molecule has 1 amide bonds. The Bertz CT molecular complexity index is 990. The number of para-hydroxylation sites is 1. The molecular formula is C26H35N5O2. The second-order valence-corrected chi connectivity index (χ2v) is 9.80. The van der Waals surface area contributed by atoms with Crippen LogP contribution in [0.4, 0.5) is 5.82 Å². The van der Waals surface area contributed by atoms with Crippen LogP contribution in [0.25, 0.3) is 0 Å². The Morgan fingerprint density at radius 3 is 2.67 bits per heavy atom. The summed E-state index contributed by atoms with van der Waals surface area (Å²) in [5, 5.41) is 3.28. The van der Waals surface area contributed by atoms with Gasteiger partial charge in [0.05, 0.1) is 5.69 Å². The summed E-state index contributed by atoms with van der Waals surface area (Å²) >= 11 is 0. The van der Waals surface area contributed by atoms with Crippen LogP contribution in [0.15, 0.2) is 30.3 Å². The summed E-state index contributed by atoms with van der Waals surface area (Å²) in [6.07, 6.45) is 6.66. The molecule has 5 rings (SSSR count). The fraction of sp³-hybridized carbons (Fsp3) is 0.577. The zero-order valence-electron chi connectivity index (χ0n) is 19.8. The van der Waals surface area contributed by atoms with Crippen LogP contribution >= 0.6 is 0 Å². The van der Waals surface area contributed by atoms with Crippen LogP contribution < -0.4 is 10.1 Å². The van der Waals surface area contributed by atoms with E-state index in [1.165, 1.54) is 12.0 Å². The first-order valence-corrected chi connectivity index (χ1v) is 12.4. The fourth-order valence-electron chi connectivity index (χ4n) is 5.61.